The van der Waals surface area contributed by atoms with Gasteiger partial charge in [0.15, 0.2) is 11.0 Å². The molecule has 0 saturated heterocycles. The average molecular weight is 564 g/mol. The molecule has 0 atom stereocenters. The molecule has 0 unspecified atom stereocenters. The Kier molecular flexibility index (Phi) is 8.91. The number of hydrogen-bond donors (Lipinski definition) is 1. The zero-order chi connectivity index (χ0) is 25.3. The van der Waals surface area contributed by atoms with Crippen molar-refractivity contribution in [1.29, 1.82) is 0 Å². The molecular weight excluding hydrogens is 536 g/mol. The highest BCUT2D eigenvalue weighted by molar-refractivity contribution is 9.10. The molecule has 4 aromatic rings. The van der Waals surface area contributed by atoms with Gasteiger partial charge in [0, 0.05) is 34.5 Å². The summed E-state index contributed by atoms with van der Waals surface area (Å²) >= 11 is 4.84. The smallest absolute Gasteiger partial charge is 0.250 e. The van der Waals surface area contributed by atoms with E-state index >= 15 is 0 Å². The Morgan fingerprint density at radius 1 is 1.03 bits per heavy atom. The summed E-state index contributed by atoms with van der Waals surface area (Å²) in [5.41, 5.74) is 6.54. The van der Waals surface area contributed by atoms with Gasteiger partial charge in [-0.2, -0.15) is 5.10 Å². The van der Waals surface area contributed by atoms with Crippen molar-refractivity contribution < 1.29 is 4.79 Å². The zero-order valence-electron chi connectivity index (χ0n) is 20.1. The number of carbonyl (C=O) groups is 1. The molecule has 1 N–H and O–H groups in total. The van der Waals surface area contributed by atoms with Crippen LogP contribution in [0.4, 0.5) is 5.69 Å². The maximum absolute atomic E-state index is 12.5. The van der Waals surface area contributed by atoms with Crippen LogP contribution in [0.25, 0.3) is 17.1 Å². The summed E-state index contributed by atoms with van der Waals surface area (Å²) in [6.07, 6.45) is 1.65. The topological polar surface area (TPSA) is 75.4 Å². The zero-order valence-corrected chi connectivity index (χ0v) is 22.5. The Balaban J connectivity index is 1.42. The van der Waals surface area contributed by atoms with Crippen LogP contribution in [0, 0.1) is 0 Å². The molecule has 1 heterocycles. The maximum atomic E-state index is 12.5. The second kappa shape index (κ2) is 12.5. The number of halogens is 1. The summed E-state index contributed by atoms with van der Waals surface area (Å²) in [6.45, 7) is 6.19. The van der Waals surface area contributed by atoms with Gasteiger partial charge in [-0.15, -0.1) is 10.2 Å². The highest BCUT2D eigenvalue weighted by Crippen LogP contribution is 2.29. The molecule has 1 amide bonds. The van der Waals surface area contributed by atoms with Gasteiger partial charge in [0.2, 0.25) is 0 Å². The molecule has 0 radical (unpaired) electrons. The maximum Gasteiger partial charge on any atom is 0.250 e. The summed E-state index contributed by atoms with van der Waals surface area (Å²) < 4.78 is 2.91. The summed E-state index contributed by atoms with van der Waals surface area (Å²) in [5.74, 6) is 0.640. The number of hydrazone groups is 1. The highest BCUT2D eigenvalue weighted by Gasteiger charge is 2.17. The second-order valence-electron chi connectivity index (χ2n) is 7.83. The normalized spacial score (nSPS) is 11.1. The van der Waals surface area contributed by atoms with E-state index in [1.807, 2.05) is 71.3 Å². The number of hydrogen-bond acceptors (Lipinski definition) is 6. The van der Waals surface area contributed by atoms with E-state index in [2.05, 4.69) is 67.5 Å². The van der Waals surface area contributed by atoms with Crippen molar-refractivity contribution in [3.05, 3.63) is 88.9 Å². The van der Waals surface area contributed by atoms with E-state index in [0.29, 0.717) is 11.0 Å². The number of carbonyl (C=O) groups excluding carboxylic acids is 1. The number of thioether (sulfide) groups is 1. The standard InChI is InChI=1S/C27H27BrN6OS/c1-3-33(4-2)23-15-13-20(14-16-23)18-29-30-25(35)19-36-27-32-31-26(21-9-8-10-22(28)17-21)34(27)24-11-6-5-7-12-24/h5-18H,3-4,19H2,1-2H3,(H,30,35). The molecule has 184 valence electrons. The van der Waals surface area contributed by atoms with Crippen LogP contribution in [0.5, 0.6) is 0 Å². The minimum Gasteiger partial charge on any atom is -0.372 e. The first-order valence-electron chi connectivity index (χ1n) is 11.7. The van der Waals surface area contributed by atoms with Gasteiger partial charge in [-0.25, -0.2) is 5.43 Å². The largest absolute Gasteiger partial charge is 0.372 e. The molecule has 0 saturated carbocycles. The van der Waals surface area contributed by atoms with E-state index in [4.69, 9.17) is 0 Å². The fraction of sp³-hybridized carbons (Fsp3) is 0.185. The SMILES string of the molecule is CCN(CC)c1ccc(C=NNC(=O)CSc2nnc(-c3cccc(Br)c3)n2-c2ccccc2)cc1. The van der Waals surface area contributed by atoms with Crippen LogP contribution in [0.3, 0.4) is 0 Å². The van der Waals surface area contributed by atoms with Crippen LogP contribution in [0.1, 0.15) is 19.4 Å². The second-order valence-corrected chi connectivity index (χ2v) is 9.69. The first kappa shape index (κ1) is 25.7. The van der Waals surface area contributed by atoms with Crippen LogP contribution >= 0.6 is 27.7 Å². The first-order chi connectivity index (χ1) is 17.6. The number of benzene rings is 3. The van der Waals surface area contributed by atoms with Crippen LogP contribution in [-0.4, -0.2) is 45.7 Å². The number of amides is 1. The van der Waals surface area contributed by atoms with Gasteiger partial charge in [0.25, 0.3) is 5.91 Å². The van der Waals surface area contributed by atoms with Crippen molar-refractivity contribution in [2.75, 3.05) is 23.7 Å². The number of aromatic nitrogens is 3. The first-order valence-corrected chi connectivity index (χ1v) is 13.4. The third-order valence-electron chi connectivity index (χ3n) is 5.49. The van der Waals surface area contributed by atoms with Gasteiger partial charge in [-0.3, -0.25) is 9.36 Å². The van der Waals surface area contributed by atoms with E-state index in [-0.39, 0.29) is 11.7 Å². The molecule has 0 fully saturated rings. The lowest BCUT2D eigenvalue weighted by Gasteiger charge is -2.20. The molecular formula is C27H27BrN6OS. The number of nitrogens with zero attached hydrogens (tertiary/aromatic N) is 5. The van der Waals surface area contributed by atoms with Gasteiger partial charge in [-0.05, 0) is 55.8 Å². The monoisotopic (exact) mass is 562 g/mol. The van der Waals surface area contributed by atoms with E-state index in [1.54, 1.807) is 6.21 Å². The summed E-state index contributed by atoms with van der Waals surface area (Å²) in [7, 11) is 0. The Hall–Kier alpha value is -3.43. The number of para-hydroxylation sites is 1. The Morgan fingerprint density at radius 2 is 1.78 bits per heavy atom. The molecule has 1 aromatic heterocycles. The predicted molar refractivity (Wildman–Crippen MR) is 151 cm³/mol. The van der Waals surface area contributed by atoms with Gasteiger partial charge < -0.3 is 4.90 Å². The minimum atomic E-state index is -0.220. The van der Waals surface area contributed by atoms with Crippen molar-refractivity contribution in [1.82, 2.24) is 20.2 Å². The predicted octanol–water partition coefficient (Wildman–Crippen LogP) is 5.79. The quantitative estimate of drug-likeness (QED) is 0.150. The van der Waals surface area contributed by atoms with Gasteiger partial charge >= 0.3 is 0 Å². The molecule has 0 aliphatic heterocycles. The molecule has 0 spiro atoms. The Bertz CT molecular complexity index is 1320. The van der Waals surface area contributed by atoms with Gasteiger partial charge in [0.1, 0.15) is 0 Å². The van der Waals surface area contributed by atoms with E-state index in [0.717, 1.165) is 34.4 Å². The molecule has 0 aliphatic rings. The highest BCUT2D eigenvalue weighted by atomic mass is 79.9. The molecule has 9 heteroatoms. The van der Waals surface area contributed by atoms with Crippen molar-refractivity contribution in [3.8, 4) is 17.1 Å². The Morgan fingerprint density at radius 3 is 2.47 bits per heavy atom. The lowest BCUT2D eigenvalue weighted by Crippen LogP contribution is -2.21. The number of nitrogens with one attached hydrogen (secondary N) is 1. The van der Waals surface area contributed by atoms with E-state index < -0.39 is 0 Å². The van der Waals surface area contributed by atoms with Crippen molar-refractivity contribution in [3.63, 3.8) is 0 Å². The molecule has 4 rings (SSSR count). The average Bonchev–Trinajstić information content (AvgIpc) is 3.34. The van der Waals surface area contributed by atoms with Crippen LogP contribution in [-0.2, 0) is 4.79 Å². The summed E-state index contributed by atoms with van der Waals surface area (Å²) in [5, 5.41) is 13.5. The van der Waals surface area contributed by atoms with E-state index in [1.165, 1.54) is 17.4 Å². The molecule has 7 nitrogen and oxygen atoms in total. The number of rotatable bonds is 10. The lowest BCUT2D eigenvalue weighted by molar-refractivity contribution is -0.118. The van der Waals surface area contributed by atoms with Gasteiger partial charge in [-0.1, -0.05) is 70.2 Å². The van der Waals surface area contributed by atoms with Gasteiger partial charge in [0.05, 0.1) is 12.0 Å². The van der Waals surface area contributed by atoms with E-state index in [9.17, 15) is 4.79 Å². The third kappa shape index (κ3) is 6.41. The third-order valence-corrected chi connectivity index (χ3v) is 6.91. The summed E-state index contributed by atoms with van der Waals surface area (Å²) in [4.78, 5) is 14.8. The van der Waals surface area contributed by atoms with Crippen LogP contribution in [0.15, 0.2) is 93.6 Å². The van der Waals surface area contributed by atoms with Crippen LogP contribution < -0.4 is 10.3 Å². The Labute approximate surface area is 223 Å². The minimum absolute atomic E-state index is 0.154. The fourth-order valence-corrected chi connectivity index (χ4v) is 4.83. The van der Waals surface area contributed by atoms with Crippen molar-refractivity contribution >= 4 is 45.5 Å². The fourth-order valence-electron chi connectivity index (χ4n) is 3.69. The molecule has 3 aromatic carbocycles. The van der Waals surface area contributed by atoms with Crippen molar-refractivity contribution in [2.45, 2.75) is 19.0 Å². The molecule has 36 heavy (non-hydrogen) atoms. The molecule has 0 bridgehead atoms. The summed E-state index contributed by atoms with van der Waals surface area (Å²) in [6, 6.07) is 25.9. The lowest BCUT2D eigenvalue weighted by atomic mass is 10.2. The van der Waals surface area contributed by atoms with Crippen molar-refractivity contribution in [2.24, 2.45) is 5.10 Å². The number of anilines is 1. The molecule has 0 aliphatic carbocycles. The van der Waals surface area contributed by atoms with Crippen LogP contribution in [0.2, 0.25) is 0 Å².